The number of methoxy groups -OCH3 is 1. The van der Waals surface area contributed by atoms with E-state index in [9.17, 15) is 13.2 Å². The van der Waals surface area contributed by atoms with E-state index in [2.05, 4.69) is 4.72 Å². The summed E-state index contributed by atoms with van der Waals surface area (Å²) < 4.78 is 35.1. The molecule has 5 aliphatic rings. The number of carbonyl (C=O) groups is 1. The van der Waals surface area contributed by atoms with Gasteiger partial charge in [0.25, 0.3) is 5.91 Å². The van der Waals surface area contributed by atoms with E-state index in [0.717, 1.165) is 32.1 Å². The Bertz CT molecular complexity index is 885. The molecular weight excluding hydrogens is 388 g/mol. The Morgan fingerprint density at radius 2 is 1.66 bits per heavy atom. The molecule has 4 aliphatic carbocycles. The van der Waals surface area contributed by atoms with E-state index in [1.165, 1.54) is 32.4 Å². The maximum absolute atomic E-state index is 13.3. The Kier molecular flexibility index (Phi) is 4.66. The molecule has 1 saturated heterocycles. The molecule has 0 atom stereocenters. The van der Waals surface area contributed by atoms with Gasteiger partial charge in [-0.3, -0.25) is 4.79 Å². The molecule has 1 N–H and O–H groups in total. The molecule has 158 valence electrons. The van der Waals surface area contributed by atoms with Crippen LogP contribution in [0, 0.1) is 17.8 Å². The van der Waals surface area contributed by atoms with Crippen LogP contribution in [0.2, 0.25) is 0 Å². The fraction of sp³-hybridized carbons (Fsp3) is 0.682. The molecule has 29 heavy (non-hydrogen) atoms. The monoisotopic (exact) mass is 418 g/mol. The van der Waals surface area contributed by atoms with Crippen molar-refractivity contribution in [2.24, 2.45) is 17.8 Å². The number of benzene rings is 1. The Morgan fingerprint density at radius 3 is 2.21 bits per heavy atom. The summed E-state index contributed by atoms with van der Waals surface area (Å²) in [5.74, 6) is 2.26. The first kappa shape index (κ1) is 19.4. The maximum atomic E-state index is 13.3. The van der Waals surface area contributed by atoms with Crippen molar-refractivity contribution in [1.29, 1.82) is 0 Å². The van der Waals surface area contributed by atoms with Gasteiger partial charge in [-0.05, 0) is 87.3 Å². The number of nitrogens with zero attached hydrogens (tertiary/aromatic N) is 1. The summed E-state index contributed by atoms with van der Waals surface area (Å²) in [6.45, 7) is 1.43. The topological polar surface area (TPSA) is 75.7 Å². The highest BCUT2D eigenvalue weighted by Crippen LogP contribution is 2.56. The highest BCUT2D eigenvalue weighted by molar-refractivity contribution is 7.89. The molecular formula is C22H30N2O4S. The summed E-state index contributed by atoms with van der Waals surface area (Å²) in [5, 5.41) is 0. The number of hydrogen-bond donors (Lipinski definition) is 1. The SMILES string of the molecule is COc1ccc(S(=O)(=O)NC23CC4CC(CC(C4)C2)C3)cc1C(=O)N1CCCC1. The summed E-state index contributed by atoms with van der Waals surface area (Å²) >= 11 is 0. The zero-order valence-corrected chi connectivity index (χ0v) is 17.8. The molecule has 1 aliphatic heterocycles. The molecule has 5 fully saturated rings. The van der Waals surface area contributed by atoms with E-state index in [1.54, 1.807) is 17.0 Å². The van der Waals surface area contributed by atoms with Crippen LogP contribution in [0.4, 0.5) is 0 Å². The van der Waals surface area contributed by atoms with Gasteiger partial charge in [0.1, 0.15) is 5.75 Å². The zero-order chi connectivity index (χ0) is 20.2. The van der Waals surface area contributed by atoms with Crippen molar-refractivity contribution >= 4 is 15.9 Å². The first-order valence-electron chi connectivity index (χ1n) is 10.9. The van der Waals surface area contributed by atoms with Crippen molar-refractivity contribution in [3.63, 3.8) is 0 Å². The summed E-state index contributed by atoms with van der Waals surface area (Å²) in [6, 6.07) is 4.67. The first-order valence-corrected chi connectivity index (χ1v) is 12.4. The predicted molar refractivity (Wildman–Crippen MR) is 109 cm³/mol. The smallest absolute Gasteiger partial charge is 0.257 e. The second-order valence-electron chi connectivity index (χ2n) is 9.66. The third-order valence-corrected chi connectivity index (χ3v) is 9.07. The van der Waals surface area contributed by atoms with Crippen LogP contribution in [0.3, 0.4) is 0 Å². The number of hydrogen-bond acceptors (Lipinski definition) is 4. The van der Waals surface area contributed by atoms with Crippen LogP contribution in [-0.2, 0) is 10.0 Å². The predicted octanol–water partition coefficient (Wildman–Crippen LogP) is 3.18. The lowest BCUT2D eigenvalue weighted by atomic mass is 9.53. The van der Waals surface area contributed by atoms with Crippen LogP contribution in [0.5, 0.6) is 5.75 Å². The summed E-state index contributed by atoms with van der Waals surface area (Å²) in [4.78, 5) is 14.9. The number of rotatable bonds is 5. The number of sulfonamides is 1. The molecule has 0 spiro atoms. The fourth-order valence-electron chi connectivity index (χ4n) is 6.69. The van der Waals surface area contributed by atoms with Crippen molar-refractivity contribution in [3.8, 4) is 5.75 Å². The Hall–Kier alpha value is -1.60. The van der Waals surface area contributed by atoms with E-state index in [-0.39, 0.29) is 16.3 Å². The molecule has 1 amide bonds. The van der Waals surface area contributed by atoms with E-state index in [4.69, 9.17) is 4.74 Å². The van der Waals surface area contributed by atoms with Gasteiger partial charge in [0.2, 0.25) is 10.0 Å². The molecule has 1 heterocycles. The number of ether oxygens (including phenoxy) is 1. The zero-order valence-electron chi connectivity index (χ0n) is 17.0. The second kappa shape index (κ2) is 6.98. The van der Waals surface area contributed by atoms with Gasteiger partial charge in [0, 0.05) is 18.6 Å². The molecule has 0 unspecified atom stereocenters. The first-order chi connectivity index (χ1) is 13.9. The largest absolute Gasteiger partial charge is 0.496 e. The molecule has 7 heteroatoms. The van der Waals surface area contributed by atoms with Gasteiger partial charge in [-0.2, -0.15) is 0 Å². The number of nitrogens with one attached hydrogen (secondary N) is 1. The number of likely N-dealkylation sites (tertiary alicyclic amines) is 1. The molecule has 0 aromatic heterocycles. The summed E-state index contributed by atoms with van der Waals surface area (Å²) in [6.07, 6.45) is 8.61. The third-order valence-electron chi connectivity index (χ3n) is 7.49. The lowest BCUT2D eigenvalue weighted by Gasteiger charge is -2.56. The van der Waals surface area contributed by atoms with E-state index < -0.39 is 10.0 Å². The van der Waals surface area contributed by atoms with Crippen molar-refractivity contribution < 1.29 is 17.9 Å². The minimum atomic E-state index is -3.70. The van der Waals surface area contributed by atoms with Crippen molar-refractivity contribution in [2.75, 3.05) is 20.2 Å². The molecule has 1 aromatic rings. The van der Waals surface area contributed by atoms with Gasteiger partial charge < -0.3 is 9.64 Å². The Morgan fingerprint density at radius 1 is 1.07 bits per heavy atom. The summed E-state index contributed by atoms with van der Waals surface area (Å²) in [5.41, 5.74) is 0.0369. The molecule has 0 radical (unpaired) electrons. The fourth-order valence-corrected chi connectivity index (χ4v) is 8.15. The van der Waals surface area contributed by atoms with E-state index >= 15 is 0 Å². The lowest BCUT2D eigenvalue weighted by molar-refractivity contribution is -0.00810. The van der Waals surface area contributed by atoms with Crippen molar-refractivity contribution in [1.82, 2.24) is 9.62 Å². The molecule has 6 nitrogen and oxygen atoms in total. The van der Waals surface area contributed by atoms with Crippen LogP contribution in [-0.4, -0.2) is 45.0 Å². The maximum Gasteiger partial charge on any atom is 0.257 e. The number of amides is 1. The van der Waals surface area contributed by atoms with Crippen LogP contribution in [0.1, 0.15) is 61.7 Å². The second-order valence-corrected chi connectivity index (χ2v) is 11.3. The molecule has 6 rings (SSSR count). The van der Waals surface area contributed by atoms with Crippen LogP contribution < -0.4 is 9.46 Å². The van der Waals surface area contributed by atoms with Gasteiger partial charge in [0.05, 0.1) is 17.6 Å². The average molecular weight is 419 g/mol. The van der Waals surface area contributed by atoms with Crippen molar-refractivity contribution in [2.45, 2.75) is 61.8 Å². The standard InChI is InChI=1S/C22H30N2O4S/c1-28-20-5-4-18(11-19(20)21(25)24-6-2-3-7-24)29(26,27)23-22-12-15-8-16(13-22)10-17(9-15)14-22/h4-5,11,15-17,23H,2-3,6-10,12-14H2,1H3. The van der Waals surface area contributed by atoms with Gasteiger partial charge in [0.15, 0.2) is 0 Å². The van der Waals surface area contributed by atoms with Crippen LogP contribution >= 0.6 is 0 Å². The van der Waals surface area contributed by atoms with Gasteiger partial charge >= 0.3 is 0 Å². The number of carbonyl (C=O) groups excluding carboxylic acids is 1. The van der Waals surface area contributed by atoms with E-state index in [0.29, 0.717) is 42.2 Å². The van der Waals surface area contributed by atoms with Crippen LogP contribution in [0.15, 0.2) is 23.1 Å². The Balaban J connectivity index is 1.44. The van der Waals surface area contributed by atoms with Gasteiger partial charge in [-0.15, -0.1) is 0 Å². The molecule has 4 bridgehead atoms. The minimum absolute atomic E-state index is 0.147. The molecule has 4 saturated carbocycles. The highest BCUT2D eigenvalue weighted by Gasteiger charge is 2.52. The third kappa shape index (κ3) is 3.46. The van der Waals surface area contributed by atoms with Crippen LogP contribution in [0.25, 0.3) is 0 Å². The van der Waals surface area contributed by atoms with E-state index in [1.807, 2.05) is 0 Å². The van der Waals surface area contributed by atoms with Crippen molar-refractivity contribution in [3.05, 3.63) is 23.8 Å². The van der Waals surface area contributed by atoms with Gasteiger partial charge in [-0.25, -0.2) is 13.1 Å². The highest BCUT2D eigenvalue weighted by atomic mass is 32.2. The minimum Gasteiger partial charge on any atom is -0.496 e. The van der Waals surface area contributed by atoms with Gasteiger partial charge in [-0.1, -0.05) is 0 Å². The molecule has 1 aromatic carbocycles. The summed E-state index contributed by atoms with van der Waals surface area (Å²) in [7, 11) is -2.19. The Labute approximate surface area is 173 Å². The average Bonchev–Trinajstić information content (AvgIpc) is 3.19. The lowest BCUT2D eigenvalue weighted by Crippen LogP contribution is -2.59. The quantitative estimate of drug-likeness (QED) is 0.797. The normalized spacial score (nSPS) is 33.3.